The number of carbonyl (C=O) groups is 2. The molecule has 3 aromatic carbocycles. The Morgan fingerprint density at radius 1 is 0.929 bits per heavy atom. The van der Waals surface area contributed by atoms with E-state index in [1.54, 1.807) is 0 Å². The predicted molar refractivity (Wildman–Crippen MR) is 112 cm³/mol. The van der Waals surface area contributed by atoms with Gasteiger partial charge in [0.2, 0.25) is 11.8 Å². The maximum absolute atomic E-state index is 12.9. The molecule has 4 nitrogen and oxygen atoms in total. The molecule has 0 saturated carbocycles. The summed E-state index contributed by atoms with van der Waals surface area (Å²) in [4.78, 5) is 27.4. The van der Waals surface area contributed by atoms with Crippen LogP contribution in [0.1, 0.15) is 18.4 Å². The van der Waals surface area contributed by atoms with Crippen LogP contribution in [0.2, 0.25) is 0 Å². The molecule has 4 heteroatoms. The lowest BCUT2D eigenvalue weighted by molar-refractivity contribution is -0.133. The summed E-state index contributed by atoms with van der Waals surface area (Å²) in [5, 5.41) is 5.23. The normalized spacial score (nSPS) is 16.7. The Morgan fingerprint density at radius 2 is 1.68 bits per heavy atom. The molecule has 0 unspecified atom stereocenters. The van der Waals surface area contributed by atoms with Crippen molar-refractivity contribution >= 4 is 28.3 Å². The number of hydrogen-bond donors (Lipinski definition) is 1. The number of rotatable bonds is 4. The zero-order chi connectivity index (χ0) is 19.3. The van der Waals surface area contributed by atoms with Crippen molar-refractivity contribution in [3.8, 4) is 0 Å². The highest BCUT2D eigenvalue weighted by atomic mass is 16.2. The van der Waals surface area contributed by atoms with Gasteiger partial charge in [-0.25, -0.2) is 0 Å². The van der Waals surface area contributed by atoms with Crippen molar-refractivity contribution in [3.05, 3.63) is 78.4 Å². The molecular formula is C24H24N2O2. The van der Waals surface area contributed by atoms with Gasteiger partial charge in [-0.3, -0.25) is 9.59 Å². The van der Waals surface area contributed by atoms with E-state index in [0.29, 0.717) is 13.0 Å². The zero-order valence-corrected chi connectivity index (χ0v) is 15.8. The summed E-state index contributed by atoms with van der Waals surface area (Å²) in [6.45, 7) is 1.21. The van der Waals surface area contributed by atoms with Crippen LogP contribution < -0.4 is 5.32 Å². The molecule has 4 rings (SSSR count). The van der Waals surface area contributed by atoms with Crippen LogP contribution >= 0.6 is 0 Å². The lowest BCUT2D eigenvalue weighted by Crippen LogP contribution is -2.44. The van der Waals surface area contributed by atoms with Gasteiger partial charge in [-0.15, -0.1) is 0 Å². The van der Waals surface area contributed by atoms with Gasteiger partial charge in [0, 0.05) is 18.8 Å². The molecule has 2 amide bonds. The molecule has 1 atom stereocenters. The van der Waals surface area contributed by atoms with Crippen molar-refractivity contribution in [1.29, 1.82) is 0 Å². The van der Waals surface area contributed by atoms with Gasteiger partial charge in [0.05, 0.1) is 12.3 Å². The van der Waals surface area contributed by atoms with Crippen molar-refractivity contribution in [2.24, 2.45) is 5.92 Å². The maximum Gasteiger partial charge on any atom is 0.229 e. The van der Waals surface area contributed by atoms with E-state index >= 15 is 0 Å². The number of anilines is 1. The van der Waals surface area contributed by atoms with Crippen LogP contribution in [0, 0.1) is 5.92 Å². The summed E-state index contributed by atoms with van der Waals surface area (Å²) in [6.07, 6.45) is 2.04. The van der Waals surface area contributed by atoms with Gasteiger partial charge in [-0.1, -0.05) is 60.7 Å². The Hall–Kier alpha value is -3.14. The highest BCUT2D eigenvalue weighted by Crippen LogP contribution is 2.22. The summed E-state index contributed by atoms with van der Waals surface area (Å²) in [5.74, 6) is -0.0761. The van der Waals surface area contributed by atoms with Crippen LogP contribution in [-0.2, 0) is 16.0 Å². The molecule has 1 fully saturated rings. The van der Waals surface area contributed by atoms with E-state index in [-0.39, 0.29) is 17.7 Å². The first kappa shape index (κ1) is 18.2. The highest BCUT2D eigenvalue weighted by Gasteiger charge is 2.28. The average Bonchev–Trinajstić information content (AvgIpc) is 2.75. The molecule has 0 bridgehead atoms. The molecule has 0 aliphatic carbocycles. The van der Waals surface area contributed by atoms with E-state index in [2.05, 4.69) is 23.5 Å². The minimum absolute atomic E-state index is 0.00568. The smallest absolute Gasteiger partial charge is 0.229 e. The van der Waals surface area contributed by atoms with E-state index in [9.17, 15) is 9.59 Å². The van der Waals surface area contributed by atoms with Gasteiger partial charge < -0.3 is 10.2 Å². The molecule has 1 heterocycles. The number of hydrogen-bond acceptors (Lipinski definition) is 2. The van der Waals surface area contributed by atoms with E-state index < -0.39 is 0 Å². The quantitative estimate of drug-likeness (QED) is 0.744. The number of nitrogens with zero attached hydrogens (tertiary/aromatic N) is 1. The van der Waals surface area contributed by atoms with Crippen LogP contribution in [-0.4, -0.2) is 29.8 Å². The van der Waals surface area contributed by atoms with Crippen LogP contribution in [0.5, 0.6) is 0 Å². The molecule has 0 aromatic heterocycles. The van der Waals surface area contributed by atoms with Crippen molar-refractivity contribution in [3.63, 3.8) is 0 Å². The Kier molecular flexibility index (Phi) is 5.38. The summed E-state index contributed by atoms with van der Waals surface area (Å²) < 4.78 is 0. The monoisotopic (exact) mass is 372 g/mol. The van der Waals surface area contributed by atoms with Gasteiger partial charge >= 0.3 is 0 Å². The van der Waals surface area contributed by atoms with Crippen molar-refractivity contribution in [2.75, 3.05) is 18.4 Å². The molecule has 1 aliphatic heterocycles. The molecule has 142 valence electrons. The standard InChI is InChI=1S/C24H24N2O2/c27-23(16-19-10-6-9-18-8-4-5-14-22(18)19)26-15-7-11-20(17-26)24(28)25-21-12-2-1-3-13-21/h1-6,8-10,12-14,20H,7,11,15-17H2,(H,25,28)/t20-/m1/s1. The van der Waals surface area contributed by atoms with E-state index in [1.165, 1.54) is 0 Å². The van der Waals surface area contributed by atoms with Crippen LogP contribution in [0.4, 0.5) is 5.69 Å². The van der Waals surface area contributed by atoms with E-state index in [4.69, 9.17) is 0 Å². The minimum atomic E-state index is -0.162. The zero-order valence-electron chi connectivity index (χ0n) is 15.8. The second kappa shape index (κ2) is 8.26. The first-order valence-electron chi connectivity index (χ1n) is 9.81. The number of likely N-dealkylation sites (tertiary alicyclic amines) is 1. The maximum atomic E-state index is 12.9. The van der Waals surface area contributed by atoms with Gasteiger partial charge in [-0.2, -0.15) is 0 Å². The third kappa shape index (κ3) is 4.06. The number of piperidine rings is 1. The van der Waals surface area contributed by atoms with Gasteiger partial charge in [0.1, 0.15) is 0 Å². The summed E-state index contributed by atoms with van der Waals surface area (Å²) >= 11 is 0. The molecule has 1 saturated heterocycles. The second-order valence-electron chi connectivity index (χ2n) is 7.35. The van der Waals surface area contributed by atoms with Gasteiger partial charge in [0.15, 0.2) is 0 Å². The number of benzene rings is 3. The summed E-state index contributed by atoms with van der Waals surface area (Å²) in [5.41, 5.74) is 1.84. The Balaban J connectivity index is 1.42. The Bertz CT molecular complexity index is 979. The Labute approximate surface area is 165 Å². The highest BCUT2D eigenvalue weighted by molar-refractivity contribution is 5.94. The van der Waals surface area contributed by atoms with Crippen LogP contribution in [0.3, 0.4) is 0 Å². The van der Waals surface area contributed by atoms with E-state index in [1.807, 2.05) is 59.5 Å². The Morgan fingerprint density at radius 3 is 2.54 bits per heavy atom. The molecule has 28 heavy (non-hydrogen) atoms. The fourth-order valence-corrected chi connectivity index (χ4v) is 3.90. The molecule has 3 aromatic rings. The summed E-state index contributed by atoms with van der Waals surface area (Å²) in [6, 6.07) is 23.7. The van der Waals surface area contributed by atoms with Gasteiger partial charge in [-0.05, 0) is 41.3 Å². The predicted octanol–water partition coefficient (Wildman–Crippen LogP) is 4.26. The number of amides is 2. The fourth-order valence-electron chi connectivity index (χ4n) is 3.90. The lowest BCUT2D eigenvalue weighted by Gasteiger charge is -2.32. The first-order chi connectivity index (χ1) is 13.7. The average molecular weight is 372 g/mol. The number of fused-ring (bicyclic) bond motifs is 1. The lowest BCUT2D eigenvalue weighted by atomic mass is 9.95. The summed E-state index contributed by atoms with van der Waals surface area (Å²) in [7, 11) is 0. The van der Waals surface area contributed by atoms with Crippen LogP contribution in [0.15, 0.2) is 72.8 Å². The second-order valence-corrected chi connectivity index (χ2v) is 7.35. The van der Waals surface area contributed by atoms with Crippen LogP contribution in [0.25, 0.3) is 10.8 Å². The third-order valence-corrected chi connectivity index (χ3v) is 5.41. The fraction of sp³-hybridized carbons (Fsp3) is 0.250. The topological polar surface area (TPSA) is 49.4 Å². The molecule has 0 radical (unpaired) electrons. The molecular weight excluding hydrogens is 348 g/mol. The third-order valence-electron chi connectivity index (χ3n) is 5.41. The van der Waals surface area contributed by atoms with E-state index in [0.717, 1.165) is 41.4 Å². The molecule has 0 spiro atoms. The van der Waals surface area contributed by atoms with Crippen molar-refractivity contribution in [1.82, 2.24) is 4.90 Å². The number of nitrogens with one attached hydrogen (secondary N) is 1. The minimum Gasteiger partial charge on any atom is -0.342 e. The SMILES string of the molecule is O=C(Nc1ccccc1)[C@@H]1CCCN(C(=O)Cc2cccc3ccccc23)C1. The first-order valence-corrected chi connectivity index (χ1v) is 9.81. The largest absolute Gasteiger partial charge is 0.342 e. The number of para-hydroxylation sites is 1. The molecule has 1 aliphatic rings. The number of carbonyl (C=O) groups excluding carboxylic acids is 2. The molecule has 1 N–H and O–H groups in total. The van der Waals surface area contributed by atoms with Crippen molar-refractivity contribution in [2.45, 2.75) is 19.3 Å². The van der Waals surface area contributed by atoms with Gasteiger partial charge in [0.25, 0.3) is 0 Å². The van der Waals surface area contributed by atoms with Crippen molar-refractivity contribution < 1.29 is 9.59 Å².